The van der Waals surface area contributed by atoms with E-state index in [-0.39, 0.29) is 17.5 Å². The number of benzene rings is 1. The second-order valence-corrected chi connectivity index (χ2v) is 5.64. The molecule has 1 aromatic heterocycles. The number of aromatic amines is 1. The summed E-state index contributed by atoms with van der Waals surface area (Å²) in [6.07, 6.45) is 0. The average molecular weight is 310 g/mol. The molecule has 1 atom stereocenters. The highest BCUT2D eigenvalue weighted by Crippen LogP contribution is 2.29. The summed E-state index contributed by atoms with van der Waals surface area (Å²) in [7, 11) is 0. The number of nitrogens with one attached hydrogen (secondary N) is 2. The molecule has 0 bridgehead atoms. The molecule has 2 N–H and O–H groups in total. The molecule has 0 amide bonds. The lowest BCUT2D eigenvalue weighted by molar-refractivity contribution is 0.571. The van der Waals surface area contributed by atoms with Gasteiger partial charge in [0.25, 0.3) is 0 Å². The first-order valence-electron chi connectivity index (χ1n) is 6.92. The Morgan fingerprint density at radius 1 is 1.48 bits per heavy atom. The molecule has 7 heteroatoms. The second-order valence-electron chi connectivity index (χ2n) is 4.63. The third-order valence-corrected chi connectivity index (χ3v) is 4.25. The minimum atomic E-state index is -0.305. The van der Waals surface area contributed by atoms with Crippen molar-refractivity contribution in [1.29, 1.82) is 0 Å². The summed E-state index contributed by atoms with van der Waals surface area (Å²) >= 11 is 1.15. The lowest BCUT2D eigenvalue weighted by Gasteiger charge is -2.13. The first kappa shape index (κ1) is 15.8. The minimum absolute atomic E-state index is 0.0998. The van der Waals surface area contributed by atoms with Crippen LogP contribution in [-0.4, -0.2) is 21.3 Å². The largest absolute Gasteiger partial charge is 0.343 e. The minimum Gasteiger partial charge on any atom is -0.310 e. The topological polar surface area (TPSA) is 62.7 Å². The van der Waals surface area contributed by atoms with Gasteiger partial charge in [0.15, 0.2) is 5.16 Å². The summed E-state index contributed by atoms with van der Waals surface area (Å²) in [5.41, 5.74) is 0.617. The van der Waals surface area contributed by atoms with E-state index in [0.717, 1.165) is 23.9 Å². The number of hydrogen-bond acceptors (Lipinski definition) is 4. The predicted octanol–water partition coefficient (Wildman–Crippen LogP) is 2.55. The van der Waals surface area contributed by atoms with E-state index >= 15 is 0 Å². The summed E-state index contributed by atoms with van der Waals surface area (Å²) in [4.78, 5) is 11.9. The summed E-state index contributed by atoms with van der Waals surface area (Å²) in [6, 6.07) is 5.24. The van der Waals surface area contributed by atoms with Gasteiger partial charge in [0.1, 0.15) is 5.82 Å². The van der Waals surface area contributed by atoms with Crippen molar-refractivity contribution in [2.24, 2.45) is 0 Å². The number of hydrogen-bond donors (Lipinski definition) is 2. The molecule has 1 unspecified atom stereocenters. The molecule has 0 aliphatic carbocycles. The van der Waals surface area contributed by atoms with Gasteiger partial charge in [-0.25, -0.2) is 14.3 Å². The highest BCUT2D eigenvalue weighted by atomic mass is 32.2. The normalized spacial score (nSPS) is 12.6. The van der Waals surface area contributed by atoms with Crippen molar-refractivity contribution in [2.45, 2.75) is 43.4 Å². The predicted molar refractivity (Wildman–Crippen MR) is 81.1 cm³/mol. The Bertz CT molecular complexity index is 667. The molecule has 0 aliphatic rings. The summed E-state index contributed by atoms with van der Waals surface area (Å²) in [5, 5.41) is 10.0. The SMILES string of the molecule is CCNC(C)c1ccc(Sc2n[nH]c(=O)n2CC)c(F)c1. The summed E-state index contributed by atoms with van der Waals surface area (Å²) in [5.74, 6) is -0.305. The molecule has 0 spiro atoms. The summed E-state index contributed by atoms with van der Waals surface area (Å²) < 4.78 is 15.7. The zero-order valence-electron chi connectivity index (χ0n) is 12.3. The first-order chi connectivity index (χ1) is 10.1. The zero-order chi connectivity index (χ0) is 15.4. The van der Waals surface area contributed by atoms with Gasteiger partial charge in [-0.1, -0.05) is 13.0 Å². The molecular weight excluding hydrogens is 291 g/mol. The Kier molecular flexibility index (Phi) is 5.19. The number of H-pyrrole nitrogens is 1. The molecule has 21 heavy (non-hydrogen) atoms. The zero-order valence-corrected chi connectivity index (χ0v) is 13.1. The van der Waals surface area contributed by atoms with Crippen molar-refractivity contribution in [3.05, 3.63) is 40.1 Å². The lowest BCUT2D eigenvalue weighted by atomic mass is 10.1. The van der Waals surface area contributed by atoms with Crippen LogP contribution in [0.5, 0.6) is 0 Å². The number of rotatable bonds is 6. The van der Waals surface area contributed by atoms with Crippen LogP contribution >= 0.6 is 11.8 Å². The molecule has 2 aromatic rings. The van der Waals surface area contributed by atoms with E-state index in [9.17, 15) is 9.18 Å². The molecule has 0 saturated carbocycles. The summed E-state index contributed by atoms with van der Waals surface area (Å²) in [6.45, 7) is 7.18. The van der Waals surface area contributed by atoms with Crippen molar-refractivity contribution in [3.63, 3.8) is 0 Å². The number of aromatic nitrogens is 3. The van der Waals surface area contributed by atoms with Crippen LogP contribution < -0.4 is 11.0 Å². The van der Waals surface area contributed by atoms with Crippen molar-refractivity contribution >= 4 is 11.8 Å². The van der Waals surface area contributed by atoms with E-state index in [0.29, 0.717) is 16.6 Å². The van der Waals surface area contributed by atoms with Crippen LogP contribution in [0, 0.1) is 5.82 Å². The fourth-order valence-electron chi connectivity index (χ4n) is 2.05. The molecule has 1 heterocycles. The Hall–Kier alpha value is -1.60. The van der Waals surface area contributed by atoms with E-state index in [4.69, 9.17) is 0 Å². The smallest absolute Gasteiger partial charge is 0.310 e. The van der Waals surface area contributed by atoms with E-state index in [1.54, 1.807) is 6.07 Å². The fourth-order valence-corrected chi connectivity index (χ4v) is 2.95. The van der Waals surface area contributed by atoms with Crippen LogP contribution in [0.25, 0.3) is 0 Å². The van der Waals surface area contributed by atoms with Gasteiger partial charge in [0.2, 0.25) is 0 Å². The van der Waals surface area contributed by atoms with Crippen molar-refractivity contribution < 1.29 is 4.39 Å². The van der Waals surface area contributed by atoms with Crippen LogP contribution in [0.3, 0.4) is 0 Å². The molecule has 1 aromatic carbocycles. The van der Waals surface area contributed by atoms with Crippen LogP contribution in [0.4, 0.5) is 4.39 Å². The van der Waals surface area contributed by atoms with E-state index in [1.165, 1.54) is 10.6 Å². The van der Waals surface area contributed by atoms with Crippen LogP contribution in [0.2, 0.25) is 0 Å². The molecule has 2 rings (SSSR count). The Morgan fingerprint density at radius 3 is 2.86 bits per heavy atom. The Labute approximate surface area is 127 Å². The highest BCUT2D eigenvalue weighted by molar-refractivity contribution is 7.99. The Balaban J connectivity index is 2.23. The van der Waals surface area contributed by atoms with Crippen molar-refractivity contribution in [1.82, 2.24) is 20.1 Å². The lowest BCUT2D eigenvalue weighted by Crippen LogP contribution is -2.17. The third kappa shape index (κ3) is 3.54. The monoisotopic (exact) mass is 310 g/mol. The van der Waals surface area contributed by atoms with Crippen LogP contribution in [0.15, 0.2) is 33.0 Å². The van der Waals surface area contributed by atoms with E-state index < -0.39 is 0 Å². The maximum Gasteiger partial charge on any atom is 0.343 e. The van der Waals surface area contributed by atoms with E-state index in [1.807, 2.05) is 26.8 Å². The molecule has 0 fully saturated rings. The maximum absolute atomic E-state index is 14.2. The van der Waals surface area contributed by atoms with Gasteiger partial charge in [-0.05, 0) is 49.9 Å². The second kappa shape index (κ2) is 6.91. The molecule has 0 saturated heterocycles. The van der Waals surface area contributed by atoms with Gasteiger partial charge in [-0.2, -0.15) is 0 Å². The quantitative estimate of drug-likeness (QED) is 0.861. The van der Waals surface area contributed by atoms with Gasteiger partial charge in [-0.3, -0.25) is 4.57 Å². The molecule has 0 radical (unpaired) electrons. The Morgan fingerprint density at radius 2 is 2.24 bits per heavy atom. The number of halogens is 1. The molecule has 114 valence electrons. The third-order valence-electron chi connectivity index (χ3n) is 3.21. The molecular formula is C14H19FN4OS. The van der Waals surface area contributed by atoms with Crippen LogP contribution in [0.1, 0.15) is 32.4 Å². The van der Waals surface area contributed by atoms with Gasteiger partial charge in [0, 0.05) is 12.6 Å². The molecule has 0 aliphatic heterocycles. The van der Waals surface area contributed by atoms with Gasteiger partial charge < -0.3 is 5.32 Å². The van der Waals surface area contributed by atoms with Crippen LogP contribution in [-0.2, 0) is 6.54 Å². The highest BCUT2D eigenvalue weighted by Gasteiger charge is 2.13. The molecule has 5 nitrogen and oxygen atoms in total. The van der Waals surface area contributed by atoms with E-state index in [2.05, 4.69) is 15.5 Å². The van der Waals surface area contributed by atoms with Gasteiger partial charge in [0.05, 0.1) is 4.90 Å². The maximum atomic E-state index is 14.2. The van der Waals surface area contributed by atoms with Gasteiger partial charge in [-0.15, -0.1) is 5.10 Å². The van der Waals surface area contributed by atoms with Crippen molar-refractivity contribution in [3.8, 4) is 0 Å². The number of nitrogens with zero attached hydrogens (tertiary/aromatic N) is 2. The van der Waals surface area contributed by atoms with Gasteiger partial charge >= 0.3 is 5.69 Å². The fraction of sp³-hybridized carbons (Fsp3) is 0.429. The standard InChI is InChI=1S/C14H19FN4OS/c1-4-16-9(3)10-6-7-12(11(15)8-10)21-14-18-17-13(20)19(14)5-2/h6-9,16H,4-5H2,1-3H3,(H,17,20). The average Bonchev–Trinajstić information content (AvgIpc) is 2.81. The van der Waals surface area contributed by atoms with Crippen molar-refractivity contribution in [2.75, 3.05) is 6.54 Å². The first-order valence-corrected chi connectivity index (χ1v) is 7.74.